The molecular weight excluding hydrogens is 452 g/mol. The van der Waals surface area contributed by atoms with Crippen LogP contribution in [0.1, 0.15) is 5.56 Å². The van der Waals surface area contributed by atoms with Crippen LogP contribution in [-0.4, -0.2) is 30.3 Å². The minimum Gasteiger partial charge on any atom is -0.496 e. The topological polar surface area (TPSA) is 50.6 Å². The number of ether oxygens (including phenoxy) is 1. The minimum atomic E-state index is 0.505. The van der Waals surface area contributed by atoms with E-state index in [0.29, 0.717) is 5.95 Å². The van der Waals surface area contributed by atoms with Crippen molar-refractivity contribution >= 4 is 28.1 Å². The number of hydrazone groups is 1. The molecule has 0 radical (unpaired) electrons. The third kappa shape index (κ3) is 4.98. The number of halogens is 1. The van der Waals surface area contributed by atoms with Gasteiger partial charge in [0.15, 0.2) is 0 Å². The van der Waals surface area contributed by atoms with Crippen molar-refractivity contribution in [3.05, 3.63) is 95.0 Å². The number of hydrogen-bond donors (Lipinski definition) is 0. The van der Waals surface area contributed by atoms with Crippen molar-refractivity contribution in [2.45, 2.75) is 0 Å². The van der Waals surface area contributed by atoms with Crippen LogP contribution in [0.25, 0.3) is 22.5 Å². The number of nitrogens with zero attached hydrogens (tertiary/aromatic N) is 4. The summed E-state index contributed by atoms with van der Waals surface area (Å²) in [6.45, 7) is 0. The molecule has 31 heavy (non-hydrogen) atoms. The van der Waals surface area contributed by atoms with Crippen molar-refractivity contribution in [1.29, 1.82) is 0 Å². The summed E-state index contributed by atoms with van der Waals surface area (Å²) < 4.78 is 6.42. The number of benzene rings is 3. The Hall–Kier alpha value is -3.51. The first kappa shape index (κ1) is 20.8. The summed E-state index contributed by atoms with van der Waals surface area (Å²) in [7, 11) is 3.48. The second-order valence-corrected chi connectivity index (χ2v) is 7.74. The molecule has 6 heteroatoms. The Balaban J connectivity index is 1.74. The molecule has 1 heterocycles. The van der Waals surface area contributed by atoms with Gasteiger partial charge in [0, 0.05) is 28.2 Å². The van der Waals surface area contributed by atoms with E-state index < -0.39 is 0 Å². The molecule has 0 N–H and O–H groups in total. The minimum absolute atomic E-state index is 0.505. The molecule has 1 aromatic heterocycles. The largest absolute Gasteiger partial charge is 0.496 e. The maximum Gasteiger partial charge on any atom is 0.247 e. The zero-order valence-corrected chi connectivity index (χ0v) is 18.8. The fourth-order valence-corrected chi connectivity index (χ4v) is 3.34. The van der Waals surface area contributed by atoms with Gasteiger partial charge < -0.3 is 4.74 Å². The molecule has 0 fully saturated rings. The highest BCUT2D eigenvalue weighted by molar-refractivity contribution is 9.10. The van der Waals surface area contributed by atoms with Crippen LogP contribution in [0.4, 0.5) is 5.95 Å². The summed E-state index contributed by atoms with van der Waals surface area (Å²) in [6.07, 6.45) is 1.75. The predicted molar refractivity (Wildman–Crippen MR) is 130 cm³/mol. The Bertz CT molecular complexity index is 1190. The Kier molecular flexibility index (Phi) is 6.38. The van der Waals surface area contributed by atoms with E-state index in [2.05, 4.69) is 21.0 Å². The molecule has 4 aromatic rings. The summed E-state index contributed by atoms with van der Waals surface area (Å²) in [4.78, 5) is 9.53. The lowest BCUT2D eigenvalue weighted by Crippen LogP contribution is -2.13. The molecule has 0 aliphatic rings. The van der Waals surface area contributed by atoms with Crippen molar-refractivity contribution in [1.82, 2.24) is 9.97 Å². The highest BCUT2D eigenvalue weighted by atomic mass is 79.9. The highest BCUT2D eigenvalue weighted by Crippen LogP contribution is 2.27. The first-order chi connectivity index (χ1) is 15.1. The summed E-state index contributed by atoms with van der Waals surface area (Å²) in [6, 6.07) is 27.9. The van der Waals surface area contributed by atoms with Crippen LogP contribution in [0, 0.1) is 0 Å². The predicted octanol–water partition coefficient (Wildman–Crippen LogP) is 6.05. The average Bonchev–Trinajstić information content (AvgIpc) is 2.83. The Morgan fingerprint density at radius 2 is 1.45 bits per heavy atom. The van der Waals surface area contributed by atoms with E-state index >= 15 is 0 Å². The molecule has 0 bridgehead atoms. The third-order valence-electron chi connectivity index (χ3n) is 4.72. The lowest BCUT2D eigenvalue weighted by Gasteiger charge is -2.14. The van der Waals surface area contributed by atoms with E-state index in [-0.39, 0.29) is 0 Å². The Labute approximate surface area is 190 Å². The lowest BCUT2D eigenvalue weighted by atomic mass is 10.1. The number of rotatable bonds is 6. The summed E-state index contributed by atoms with van der Waals surface area (Å²) in [5.74, 6) is 1.26. The SMILES string of the molecule is COc1ccccc1/C=N\N(C)c1nc(-c2ccccc2)cc(-c2ccc(Br)cc2)n1. The molecule has 0 spiro atoms. The van der Waals surface area contributed by atoms with Crippen LogP contribution in [-0.2, 0) is 0 Å². The van der Waals surface area contributed by atoms with Crippen LogP contribution < -0.4 is 9.75 Å². The van der Waals surface area contributed by atoms with Gasteiger partial charge in [-0.05, 0) is 30.3 Å². The molecular formula is C25H21BrN4O. The van der Waals surface area contributed by atoms with E-state index in [1.54, 1.807) is 18.3 Å². The first-order valence-corrected chi connectivity index (χ1v) is 10.5. The molecule has 154 valence electrons. The van der Waals surface area contributed by atoms with E-state index in [1.165, 1.54) is 0 Å². The van der Waals surface area contributed by atoms with Crippen LogP contribution in [0.2, 0.25) is 0 Å². The summed E-state index contributed by atoms with van der Waals surface area (Å²) >= 11 is 3.49. The summed E-state index contributed by atoms with van der Waals surface area (Å²) in [5.41, 5.74) is 4.57. The monoisotopic (exact) mass is 472 g/mol. The van der Waals surface area contributed by atoms with Gasteiger partial charge in [0.1, 0.15) is 5.75 Å². The van der Waals surface area contributed by atoms with Gasteiger partial charge in [-0.3, -0.25) is 0 Å². The van der Waals surface area contributed by atoms with Gasteiger partial charge in [-0.1, -0.05) is 70.5 Å². The third-order valence-corrected chi connectivity index (χ3v) is 5.25. The molecule has 0 saturated carbocycles. The lowest BCUT2D eigenvalue weighted by molar-refractivity contribution is 0.414. The molecule has 0 atom stereocenters. The maximum atomic E-state index is 5.40. The van der Waals surface area contributed by atoms with E-state index in [4.69, 9.17) is 14.7 Å². The molecule has 0 amide bonds. The molecule has 0 aliphatic carbocycles. The molecule has 4 rings (SSSR count). The second kappa shape index (κ2) is 9.53. The van der Waals surface area contributed by atoms with Crippen molar-refractivity contribution in [2.24, 2.45) is 5.10 Å². The van der Waals surface area contributed by atoms with Crippen molar-refractivity contribution in [3.63, 3.8) is 0 Å². The second-order valence-electron chi connectivity index (χ2n) is 6.82. The smallest absolute Gasteiger partial charge is 0.247 e. The average molecular weight is 473 g/mol. The number of methoxy groups -OCH3 is 1. The van der Waals surface area contributed by atoms with Gasteiger partial charge in [-0.15, -0.1) is 0 Å². The molecule has 5 nitrogen and oxygen atoms in total. The van der Waals surface area contributed by atoms with E-state index in [9.17, 15) is 0 Å². The van der Waals surface area contributed by atoms with Crippen molar-refractivity contribution in [2.75, 3.05) is 19.2 Å². The molecule has 0 saturated heterocycles. The van der Waals surface area contributed by atoms with Gasteiger partial charge in [-0.2, -0.15) is 5.10 Å². The zero-order chi connectivity index (χ0) is 21.6. The van der Waals surface area contributed by atoms with Gasteiger partial charge >= 0.3 is 0 Å². The maximum absolute atomic E-state index is 5.40. The van der Waals surface area contributed by atoms with Crippen LogP contribution in [0.3, 0.4) is 0 Å². The zero-order valence-electron chi connectivity index (χ0n) is 17.2. The van der Waals surface area contributed by atoms with Gasteiger partial charge in [0.25, 0.3) is 0 Å². The van der Waals surface area contributed by atoms with Crippen LogP contribution >= 0.6 is 15.9 Å². The standard InChI is InChI=1S/C25H21BrN4O/c1-30(27-17-20-10-6-7-11-24(20)31-2)25-28-22(18-8-4-3-5-9-18)16-23(29-25)19-12-14-21(26)15-13-19/h3-17H,1-2H3/b27-17-. The number of hydrogen-bond acceptors (Lipinski definition) is 5. The van der Waals surface area contributed by atoms with Crippen LogP contribution in [0.15, 0.2) is 94.5 Å². The first-order valence-electron chi connectivity index (χ1n) is 9.75. The molecule has 3 aromatic carbocycles. The van der Waals surface area contributed by atoms with Gasteiger partial charge in [-0.25, -0.2) is 15.0 Å². The summed E-state index contributed by atoms with van der Waals surface area (Å²) in [5, 5.41) is 6.22. The van der Waals surface area contributed by atoms with E-state index in [0.717, 1.165) is 38.3 Å². The van der Waals surface area contributed by atoms with Crippen LogP contribution in [0.5, 0.6) is 5.75 Å². The number of anilines is 1. The molecule has 0 unspecified atom stereocenters. The fourth-order valence-electron chi connectivity index (χ4n) is 3.08. The highest BCUT2D eigenvalue weighted by Gasteiger charge is 2.11. The number of aromatic nitrogens is 2. The Morgan fingerprint density at radius 3 is 2.13 bits per heavy atom. The van der Waals surface area contributed by atoms with E-state index in [1.807, 2.05) is 92.0 Å². The Morgan fingerprint density at radius 1 is 0.839 bits per heavy atom. The van der Waals surface area contributed by atoms with Crippen molar-refractivity contribution < 1.29 is 4.74 Å². The quantitative estimate of drug-likeness (QED) is 0.253. The van der Waals surface area contributed by atoms with Gasteiger partial charge in [0.2, 0.25) is 5.95 Å². The van der Waals surface area contributed by atoms with Crippen molar-refractivity contribution in [3.8, 4) is 28.3 Å². The number of para-hydroxylation sites is 1. The fraction of sp³-hybridized carbons (Fsp3) is 0.0800. The normalized spacial score (nSPS) is 10.9. The van der Waals surface area contributed by atoms with Gasteiger partial charge in [0.05, 0.1) is 24.7 Å². The molecule has 0 aliphatic heterocycles.